The largest absolute Gasteiger partial charge is 0.464 e. The van der Waals surface area contributed by atoms with Crippen molar-refractivity contribution < 1.29 is 19.1 Å². The fraction of sp³-hybridized carbons (Fsp3) is 0.872. The minimum Gasteiger partial charge on any atom is -0.464 e. The van der Waals surface area contributed by atoms with Crippen LogP contribution in [0.1, 0.15) is 156 Å². The number of hydrogen-bond donors (Lipinski definition) is 0. The van der Waals surface area contributed by atoms with Gasteiger partial charge < -0.3 is 14.4 Å². The first-order chi connectivity index (χ1) is 25.0. The van der Waals surface area contributed by atoms with Gasteiger partial charge in [0.2, 0.25) is 5.95 Å². The average Bonchev–Trinajstić information content (AvgIpc) is 3.14. The SMILES string of the molecule is CCCCCCCCCCCCSCCOC(=O)CSc1nc(SCC(=O)OCCSCCCCCCCCCCCC)nc(N(CC)CC)n1. The second kappa shape index (κ2) is 36.1. The number of hydrogen-bond acceptors (Lipinski definition) is 12. The van der Waals surface area contributed by atoms with Gasteiger partial charge in [0.25, 0.3) is 0 Å². The molecule has 8 nitrogen and oxygen atoms in total. The molecule has 0 bridgehead atoms. The van der Waals surface area contributed by atoms with Crippen LogP contribution in [0.2, 0.25) is 0 Å². The van der Waals surface area contributed by atoms with E-state index in [-0.39, 0.29) is 23.4 Å². The van der Waals surface area contributed by atoms with E-state index >= 15 is 0 Å². The van der Waals surface area contributed by atoms with Crippen molar-refractivity contribution in [1.29, 1.82) is 0 Å². The molecule has 0 aromatic carbocycles. The fourth-order valence-electron chi connectivity index (χ4n) is 5.45. The third kappa shape index (κ3) is 29.2. The Bertz CT molecular complexity index is 909. The highest BCUT2D eigenvalue weighted by atomic mass is 32.2. The Labute approximate surface area is 329 Å². The molecule has 0 N–H and O–H groups in total. The molecule has 0 atom stereocenters. The average molecular weight is 789 g/mol. The lowest BCUT2D eigenvalue weighted by Gasteiger charge is -2.19. The predicted octanol–water partition coefficient (Wildman–Crippen LogP) is 11.3. The number of carbonyl (C=O) groups is 2. The van der Waals surface area contributed by atoms with Gasteiger partial charge in [-0.15, -0.1) is 0 Å². The van der Waals surface area contributed by atoms with Gasteiger partial charge in [-0.25, -0.2) is 0 Å². The minimum absolute atomic E-state index is 0.133. The van der Waals surface area contributed by atoms with Crippen molar-refractivity contribution >= 4 is 64.9 Å². The van der Waals surface area contributed by atoms with Crippen LogP contribution in [0.15, 0.2) is 10.3 Å². The van der Waals surface area contributed by atoms with E-state index in [0.29, 0.717) is 29.5 Å². The van der Waals surface area contributed by atoms with Gasteiger partial charge in [0.15, 0.2) is 10.3 Å². The molecule has 0 spiro atoms. The molecule has 0 radical (unpaired) electrons. The van der Waals surface area contributed by atoms with Crippen LogP contribution in [0.25, 0.3) is 0 Å². The number of carbonyl (C=O) groups excluding carboxylic acids is 2. The topological polar surface area (TPSA) is 94.5 Å². The number of unbranched alkanes of at least 4 members (excludes halogenated alkanes) is 18. The zero-order valence-electron chi connectivity index (χ0n) is 32.8. The number of nitrogens with zero attached hydrogens (tertiary/aromatic N) is 4. The van der Waals surface area contributed by atoms with Crippen LogP contribution in [0.3, 0.4) is 0 Å². The quantitative estimate of drug-likeness (QED) is 0.0365. The highest BCUT2D eigenvalue weighted by Crippen LogP contribution is 2.23. The van der Waals surface area contributed by atoms with Gasteiger partial charge in [0, 0.05) is 24.6 Å². The van der Waals surface area contributed by atoms with E-state index < -0.39 is 0 Å². The van der Waals surface area contributed by atoms with E-state index in [4.69, 9.17) is 9.47 Å². The van der Waals surface area contributed by atoms with Crippen molar-refractivity contribution in [3.8, 4) is 0 Å². The number of esters is 2. The van der Waals surface area contributed by atoms with Crippen molar-refractivity contribution in [2.45, 2.75) is 166 Å². The highest BCUT2D eigenvalue weighted by molar-refractivity contribution is 8.00. The molecule has 12 heteroatoms. The second-order valence-electron chi connectivity index (χ2n) is 13.0. The maximum Gasteiger partial charge on any atom is 0.316 e. The first-order valence-electron chi connectivity index (χ1n) is 20.3. The molecule has 0 fully saturated rings. The summed E-state index contributed by atoms with van der Waals surface area (Å²) in [5, 5.41) is 0.914. The normalized spacial score (nSPS) is 11.2. The van der Waals surface area contributed by atoms with Crippen molar-refractivity contribution in [3.05, 3.63) is 0 Å². The summed E-state index contributed by atoms with van der Waals surface area (Å²) in [5.41, 5.74) is 0. The number of anilines is 1. The Kier molecular flexibility index (Phi) is 34.1. The molecule has 0 aliphatic carbocycles. The zero-order valence-corrected chi connectivity index (χ0v) is 36.0. The molecular weight excluding hydrogens is 717 g/mol. The summed E-state index contributed by atoms with van der Waals surface area (Å²) in [7, 11) is 0. The lowest BCUT2D eigenvalue weighted by atomic mass is 10.1. The van der Waals surface area contributed by atoms with Crippen LogP contribution < -0.4 is 4.90 Å². The maximum atomic E-state index is 12.4. The van der Waals surface area contributed by atoms with Gasteiger partial charge in [-0.1, -0.05) is 153 Å². The van der Waals surface area contributed by atoms with E-state index in [1.165, 1.54) is 152 Å². The Balaban J connectivity index is 2.24. The van der Waals surface area contributed by atoms with Gasteiger partial charge in [-0.3, -0.25) is 9.59 Å². The molecular formula is C39H72N4O4S4. The van der Waals surface area contributed by atoms with Crippen molar-refractivity contribution in [2.75, 3.05) is 65.7 Å². The second-order valence-corrected chi connectivity index (χ2v) is 17.3. The Morgan fingerprint density at radius 1 is 0.490 bits per heavy atom. The molecule has 1 aromatic rings. The van der Waals surface area contributed by atoms with Gasteiger partial charge in [0.05, 0.1) is 11.5 Å². The first-order valence-corrected chi connectivity index (χ1v) is 24.5. The maximum absolute atomic E-state index is 12.4. The Morgan fingerprint density at radius 3 is 1.20 bits per heavy atom. The molecule has 1 heterocycles. The van der Waals surface area contributed by atoms with Crippen LogP contribution in [0, 0.1) is 0 Å². The van der Waals surface area contributed by atoms with Crippen LogP contribution in [0.5, 0.6) is 0 Å². The number of ether oxygens (including phenoxy) is 2. The van der Waals surface area contributed by atoms with Crippen molar-refractivity contribution in [2.24, 2.45) is 0 Å². The van der Waals surface area contributed by atoms with E-state index in [1.807, 2.05) is 42.3 Å². The van der Waals surface area contributed by atoms with Crippen molar-refractivity contribution in [1.82, 2.24) is 15.0 Å². The predicted molar refractivity (Wildman–Crippen MR) is 225 cm³/mol. The first kappa shape index (κ1) is 48.2. The van der Waals surface area contributed by atoms with Crippen LogP contribution in [0.4, 0.5) is 5.95 Å². The van der Waals surface area contributed by atoms with Gasteiger partial charge >= 0.3 is 11.9 Å². The third-order valence-corrected chi connectivity index (χ3v) is 12.2. The summed E-state index contributed by atoms with van der Waals surface area (Å²) in [6.07, 6.45) is 26.9. The number of rotatable bonds is 37. The molecule has 51 heavy (non-hydrogen) atoms. The van der Waals surface area contributed by atoms with E-state index in [0.717, 1.165) is 36.1 Å². The molecule has 0 saturated carbocycles. The van der Waals surface area contributed by atoms with Gasteiger partial charge in [-0.2, -0.15) is 38.5 Å². The highest BCUT2D eigenvalue weighted by Gasteiger charge is 2.15. The molecule has 0 aliphatic rings. The monoisotopic (exact) mass is 788 g/mol. The molecule has 1 aromatic heterocycles. The summed E-state index contributed by atoms with van der Waals surface area (Å²) in [4.78, 5) is 40.6. The molecule has 296 valence electrons. The minimum atomic E-state index is -0.270. The van der Waals surface area contributed by atoms with Crippen molar-refractivity contribution in [3.63, 3.8) is 0 Å². The third-order valence-electron chi connectivity index (χ3n) is 8.53. The molecule has 1 rings (SSSR count). The molecule has 0 saturated heterocycles. The van der Waals surface area contributed by atoms with Gasteiger partial charge in [0.1, 0.15) is 13.2 Å². The van der Waals surface area contributed by atoms with Crippen LogP contribution >= 0.6 is 47.0 Å². The fourth-order valence-corrected chi connectivity index (χ4v) is 8.39. The van der Waals surface area contributed by atoms with E-state index in [1.54, 1.807) is 0 Å². The van der Waals surface area contributed by atoms with Crippen LogP contribution in [-0.2, 0) is 19.1 Å². The molecule has 0 unspecified atom stereocenters. The molecule has 0 amide bonds. The summed E-state index contributed by atoms with van der Waals surface area (Å²) >= 11 is 6.20. The van der Waals surface area contributed by atoms with Gasteiger partial charge in [-0.05, 0) is 38.2 Å². The summed E-state index contributed by atoms with van der Waals surface area (Å²) < 4.78 is 10.9. The number of aromatic nitrogens is 3. The van der Waals surface area contributed by atoms with E-state index in [9.17, 15) is 9.59 Å². The summed E-state index contributed by atoms with van der Waals surface area (Å²) in [6, 6.07) is 0. The standard InChI is InChI=1S/C39H72N4O4S4/c1-5-9-11-13-15-17-19-21-23-25-29-48-31-27-46-35(44)33-50-38-40-37(43(7-3)8-4)41-39(42-38)51-34-36(45)47-28-32-49-30-26-24-22-20-18-16-14-12-10-6-2/h5-34H2,1-4H3. The van der Waals surface area contributed by atoms with Crippen LogP contribution in [-0.4, -0.2) is 87.7 Å². The lowest BCUT2D eigenvalue weighted by molar-refractivity contribution is -0.140. The van der Waals surface area contributed by atoms with E-state index in [2.05, 4.69) is 28.8 Å². The summed E-state index contributed by atoms with van der Waals surface area (Å²) in [5.74, 6) is 4.15. The summed E-state index contributed by atoms with van der Waals surface area (Å²) in [6.45, 7) is 11.0. The molecule has 0 aliphatic heterocycles. The smallest absolute Gasteiger partial charge is 0.316 e. The number of thioether (sulfide) groups is 4. The Morgan fingerprint density at radius 2 is 0.843 bits per heavy atom. The Hall–Kier alpha value is -0.850. The lowest BCUT2D eigenvalue weighted by Crippen LogP contribution is -2.25. The zero-order chi connectivity index (χ0) is 37.0.